The summed E-state index contributed by atoms with van der Waals surface area (Å²) < 4.78 is 1.39. The Bertz CT molecular complexity index is 320. The first kappa shape index (κ1) is 9.26. The van der Waals surface area contributed by atoms with Gasteiger partial charge in [-0.15, -0.1) is 10.2 Å². The molecule has 2 rings (SSSR count). The number of anilines is 1. The van der Waals surface area contributed by atoms with E-state index in [1.165, 1.54) is 4.68 Å². The Morgan fingerprint density at radius 3 is 2.86 bits per heavy atom. The Morgan fingerprint density at radius 1 is 1.50 bits per heavy atom. The minimum absolute atomic E-state index is 0.284. The third-order valence-corrected chi connectivity index (χ3v) is 2.74. The predicted molar refractivity (Wildman–Crippen MR) is 54.0 cm³/mol. The van der Waals surface area contributed by atoms with Crippen molar-refractivity contribution in [1.82, 2.24) is 20.2 Å². The fourth-order valence-corrected chi connectivity index (χ4v) is 1.96. The maximum absolute atomic E-state index is 5.73. The summed E-state index contributed by atoms with van der Waals surface area (Å²) in [4.78, 5) is 0. The van der Waals surface area contributed by atoms with Crippen molar-refractivity contribution in [3.63, 3.8) is 0 Å². The van der Waals surface area contributed by atoms with Crippen molar-refractivity contribution in [1.29, 1.82) is 0 Å². The zero-order valence-electron chi connectivity index (χ0n) is 8.27. The molecule has 2 atom stereocenters. The van der Waals surface area contributed by atoms with Crippen LogP contribution in [0.15, 0.2) is 0 Å². The molecule has 1 aliphatic rings. The lowest BCUT2D eigenvalue weighted by molar-refractivity contribution is 0.367. The van der Waals surface area contributed by atoms with Gasteiger partial charge in [0, 0.05) is 12.0 Å². The highest BCUT2D eigenvalue weighted by molar-refractivity contribution is 5.19. The molecule has 0 saturated carbocycles. The molecule has 6 nitrogen and oxygen atoms in total. The summed E-state index contributed by atoms with van der Waals surface area (Å²) in [7, 11) is 0. The van der Waals surface area contributed by atoms with Crippen LogP contribution in [0.1, 0.15) is 31.5 Å². The van der Waals surface area contributed by atoms with Crippen molar-refractivity contribution in [2.45, 2.75) is 31.7 Å². The van der Waals surface area contributed by atoms with Gasteiger partial charge in [-0.2, -0.15) is 0 Å². The average molecular weight is 196 g/mol. The molecule has 5 N–H and O–H groups in total. The Balaban J connectivity index is 2.18. The Morgan fingerprint density at radius 2 is 2.29 bits per heavy atom. The van der Waals surface area contributed by atoms with Gasteiger partial charge in [-0.1, -0.05) is 0 Å². The number of nitrogen functional groups attached to an aromatic ring is 2. The minimum atomic E-state index is 0.284. The fraction of sp³-hybridized carbons (Fsp3) is 0.750. The molecule has 0 radical (unpaired) electrons. The zero-order valence-corrected chi connectivity index (χ0v) is 8.27. The maximum Gasteiger partial charge on any atom is 0.240 e. The van der Waals surface area contributed by atoms with Crippen LogP contribution in [0, 0.1) is 0 Å². The SMILES string of the molecule is CC1CC(c2nnc(N)n2N)CCN1. The standard InChI is InChI=1S/C8H16N6/c1-5-4-6(2-3-11-5)7-12-13-8(9)14(7)10/h5-6,11H,2-4,10H2,1H3,(H2,9,13). The average Bonchev–Trinajstić information content (AvgIpc) is 2.48. The number of hydrogen-bond acceptors (Lipinski definition) is 5. The molecular weight excluding hydrogens is 180 g/mol. The molecule has 0 aromatic carbocycles. The maximum atomic E-state index is 5.73. The van der Waals surface area contributed by atoms with Gasteiger partial charge in [0.15, 0.2) is 5.82 Å². The first-order valence-corrected chi connectivity index (χ1v) is 4.87. The van der Waals surface area contributed by atoms with Crippen LogP contribution in [0.4, 0.5) is 5.95 Å². The summed E-state index contributed by atoms with van der Waals surface area (Å²) >= 11 is 0. The van der Waals surface area contributed by atoms with Crippen LogP contribution < -0.4 is 16.9 Å². The Hall–Kier alpha value is -1.30. The summed E-state index contributed by atoms with van der Waals surface area (Å²) in [5, 5.41) is 11.1. The second kappa shape index (κ2) is 3.45. The topological polar surface area (TPSA) is 94.8 Å². The van der Waals surface area contributed by atoms with Crippen molar-refractivity contribution < 1.29 is 0 Å². The number of hydrogen-bond donors (Lipinski definition) is 3. The number of rotatable bonds is 1. The molecule has 14 heavy (non-hydrogen) atoms. The lowest BCUT2D eigenvalue weighted by Gasteiger charge is -2.26. The number of nitrogens with zero attached hydrogens (tertiary/aromatic N) is 3. The number of nitrogens with two attached hydrogens (primary N) is 2. The van der Waals surface area contributed by atoms with Crippen LogP contribution in [0.5, 0.6) is 0 Å². The van der Waals surface area contributed by atoms with Crippen LogP contribution in [-0.2, 0) is 0 Å². The molecule has 0 amide bonds. The van der Waals surface area contributed by atoms with Crippen LogP contribution >= 0.6 is 0 Å². The molecule has 2 heterocycles. The van der Waals surface area contributed by atoms with Crippen LogP contribution in [0.3, 0.4) is 0 Å². The molecule has 2 unspecified atom stereocenters. The monoisotopic (exact) mass is 196 g/mol. The van der Waals surface area contributed by atoms with Crippen molar-refractivity contribution in [3.05, 3.63) is 5.82 Å². The second-order valence-electron chi connectivity index (χ2n) is 3.86. The molecule has 6 heteroatoms. The van der Waals surface area contributed by atoms with E-state index >= 15 is 0 Å². The number of aromatic nitrogens is 3. The fourth-order valence-electron chi connectivity index (χ4n) is 1.96. The van der Waals surface area contributed by atoms with E-state index in [0.29, 0.717) is 12.0 Å². The molecule has 0 bridgehead atoms. The van der Waals surface area contributed by atoms with E-state index in [1.54, 1.807) is 0 Å². The van der Waals surface area contributed by atoms with Gasteiger partial charge in [0.1, 0.15) is 0 Å². The molecule has 0 aliphatic carbocycles. The predicted octanol–water partition coefficient (Wildman–Crippen LogP) is -0.570. The molecule has 78 valence electrons. The van der Waals surface area contributed by atoms with E-state index in [2.05, 4.69) is 22.4 Å². The third kappa shape index (κ3) is 1.52. The van der Waals surface area contributed by atoms with Gasteiger partial charge < -0.3 is 16.9 Å². The summed E-state index contributed by atoms with van der Waals surface area (Å²) in [5.41, 5.74) is 5.53. The van der Waals surface area contributed by atoms with Crippen LogP contribution in [0.25, 0.3) is 0 Å². The smallest absolute Gasteiger partial charge is 0.240 e. The minimum Gasteiger partial charge on any atom is -0.366 e. The lowest BCUT2D eigenvalue weighted by Crippen LogP contribution is -2.36. The number of nitrogens with one attached hydrogen (secondary N) is 1. The van der Waals surface area contributed by atoms with E-state index in [4.69, 9.17) is 11.6 Å². The molecular formula is C8H16N6. The van der Waals surface area contributed by atoms with Gasteiger partial charge in [0.2, 0.25) is 5.95 Å². The Kier molecular flexibility index (Phi) is 2.28. The highest BCUT2D eigenvalue weighted by Crippen LogP contribution is 2.25. The lowest BCUT2D eigenvalue weighted by atomic mass is 9.93. The van der Waals surface area contributed by atoms with Gasteiger partial charge in [0.05, 0.1) is 0 Å². The summed E-state index contributed by atoms with van der Waals surface area (Å²) in [6.45, 7) is 3.16. The Labute approximate surface area is 82.6 Å². The summed E-state index contributed by atoms with van der Waals surface area (Å²) in [6, 6.07) is 0.506. The van der Waals surface area contributed by atoms with Crippen LogP contribution in [-0.4, -0.2) is 27.5 Å². The molecule has 1 saturated heterocycles. The summed E-state index contributed by atoms with van der Waals surface area (Å²) in [6.07, 6.45) is 2.08. The molecule has 0 spiro atoms. The van der Waals surface area contributed by atoms with Crippen molar-refractivity contribution >= 4 is 5.95 Å². The molecule has 1 aliphatic heterocycles. The molecule has 1 aromatic heterocycles. The van der Waals surface area contributed by atoms with E-state index in [9.17, 15) is 0 Å². The van der Waals surface area contributed by atoms with E-state index in [-0.39, 0.29) is 5.95 Å². The van der Waals surface area contributed by atoms with Gasteiger partial charge in [-0.25, -0.2) is 4.68 Å². The van der Waals surface area contributed by atoms with Crippen molar-refractivity contribution in [2.24, 2.45) is 0 Å². The highest BCUT2D eigenvalue weighted by Gasteiger charge is 2.24. The van der Waals surface area contributed by atoms with Crippen molar-refractivity contribution in [3.8, 4) is 0 Å². The normalized spacial score (nSPS) is 27.8. The first-order valence-electron chi connectivity index (χ1n) is 4.87. The molecule has 1 aromatic rings. The molecule has 1 fully saturated rings. The largest absolute Gasteiger partial charge is 0.366 e. The summed E-state index contributed by atoms with van der Waals surface area (Å²) in [5.74, 6) is 7.19. The second-order valence-corrected chi connectivity index (χ2v) is 3.86. The van der Waals surface area contributed by atoms with Gasteiger partial charge in [0.25, 0.3) is 0 Å². The van der Waals surface area contributed by atoms with Gasteiger partial charge in [-0.3, -0.25) is 0 Å². The van der Waals surface area contributed by atoms with Crippen LogP contribution in [0.2, 0.25) is 0 Å². The quantitative estimate of drug-likeness (QED) is 0.523. The highest BCUT2D eigenvalue weighted by atomic mass is 15.4. The first-order chi connectivity index (χ1) is 6.68. The number of piperidine rings is 1. The van der Waals surface area contributed by atoms with Gasteiger partial charge >= 0.3 is 0 Å². The van der Waals surface area contributed by atoms with E-state index in [0.717, 1.165) is 25.2 Å². The van der Waals surface area contributed by atoms with Gasteiger partial charge in [-0.05, 0) is 26.3 Å². The van der Waals surface area contributed by atoms with Crippen molar-refractivity contribution in [2.75, 3.05) is 18.1 Å². The third-order valence-electron chi connectivity index (χ3n) is 2.74. The van der Waals surface area contributed by atoms with E-state index in [1.807, 2.05) is 0 Å². The zero-order chi connectivity index (χ0) is 10.1. The van der Waals surface area contributed by atoms with E-state index < -0.39 is 0 Å².